The summed E-state index contributed by atoms with van der Waals surface area (Å²) in [6.45, 7) is 2.03. The van der Waals surface area contributed by atoms with Crippen LogP contribution in [0.25, 0.3) is 10.6 Å². The molecular weight excluding hydrogens is 284 g/mol. The van der Waals surface area contributed by atoms with Crippen LogP contribution in [0.4, 0.5) is 5.13 Å². The summed E-state index contributed by atoms with van der Waals surface area (Å²) in [5, 5.41) is 12.1. The highest BCUT2D eigenvalue weighted by molar-refractivity contribution is 7.18. The summed E-state index contributed by atoms with van der Waals surface area (Å²) in [6, 6.07) is 11.3. The molecule has 0 radical (unpaired) electrons. The number of hydrogen-bond donors (Lipinski definition) is 1. The van der Waals surface area contributed by atoms with E-state index in [1.54, 1.807) is 24.5 Å². The molecule has 3 rings (SSSR count). The Kier molecular flexibility index (Phi) is 3.70. The molecule has 0 saturated carbocycles. The van der Waals surface area contributed by atoms with Gasteiger partial charge in [-0.3, -0.25) is 15.1 Å². The Morgan fingerprint density at radius 3 is 2.48 bits per heavy atom. The second-order valence-corrected chi connectivity index (χ2v) is 5.45. The molecule has 2 aromatic heterocycles. The zero-order valence-corrected chi connectivity index (χ0v) is 12.1. The first-order valence-electron chi connectivity index (χ1n) is 6.34. The standard InChI is InChI=1S/C15H12N4OS/c1-10-2-4-12(5-3-10)14-18-19-15(21-14)17-13(20)11-6-8-16-9-7-11/h2-9H,1H3,(H,17,19,20). The lowest BCUT2D eigenvalue weighted by atomic mass is 10.2. The minimum absolute atomic E-state index is 0.219. The number of aromatic nitrogens is 3. The van der Waals surface area contributed by atoms with Crippen LogP contribution in [-0.4, -0.2) is 21.1 Å². The molecule has 1 N–H and O–H groups in total. The lowest BCUT2D eigenvalue weighted by Gasteiger charge is -1.99. The van der Waals surface area contributed by atoms with Gasteiger partial charge in [-0.1, -0.05) is 41.2 Å². The second kappa shape index (κ2) is 5.80. The molecule has 0 aliphatic heterocycles. The molecule has 0 bridgehead atoms. The van der Waals surface area contributed by atoms with E-state index in [1.165, 1.54) is 16.9 Å². The molecule has 6 heteroatoms. The average molecular weight is 296 g/mol. The van der Waals surface area contributed by atoms with Gasteiger partial charge in [0.1, 0.15) is 5.01 Å². The number of carbonyl (C=O) groups is 1. The Balaban J connectivity index is 1.76. The van der Waals surface area contributed by atoms with Crippen LogP contribution in [0.15, 0.2) is 48.8 Å². The lowest BCUT2D eigenvalue weighted by molar-refractivity contribution is 0.102. The van der Waals surface area contributed by atoms with Crippen LogP contribution in [0.3, 0.4) is 0 Å². The van der Waals surface area contributed by atoms with Crippen LogP contribution in [-0.2, 0) is 0 Å². The smallest absolute Gasteiger partial charge is 0.257 e. The first-order valence-corrected chi connectivity index (χ1v) is 7.16. The van der Waals surface area contributed by atoms with E-state index < -0.39 is 0 Å². The number of hydrogen-bond acceptors (Lipinski definition) is 5. The van der Waals surface area contributed by atoms with Gasteiger partial charge in [-0.25, -0.2) is 0 Å². The minimum Gasteiger partial charge on any atom is -0.296 e. The van der Waals surface area contributed by atoms with Gasteiger partial charge < -0.3 is 0 Å². The summed E-state index contributed by atoms with van der Waals surface area (Å²) in [4.78, 5) is 15.9. The summed E-state index contributed by atoms with van der Waals surface area (Å²) in [6.07, 6.45) is 3.15. The Morgan fingerprint density at radius 1 is 1.05 bits per heavy atom. The molecule has 0 aliphatic rings. The van der Waals surface area contributed by atoms with Crippen molar-refractivity contribution in [1.82, 2.24) is 15.2 Å². The third-order valence-electron chi connectivity index (χ3n) is 2.89. The van der Waals surface area contributed by atoms with Crippen molar-refractivity contribution < 1.29 is 4.79 Å². The highest BCUT2D eigenvalue weighted by Crippen LogP contribution is 2.26. The highest BCUT2D eigenvalue weighted by Gasteiger charge is 2.10. The Labute approximate surface area is 125 Å². The van der Waals surface area contributed by atoms with Crippen molar-refractivity contribution in [3.05, 3.63) is 59.9 Å². The molecule has 1 aromatic carbocycles. The van der Waals surface area contributed by atoms with Gasteiger partial charge in [0.25, 0.3) is 5.91 Å². The third-order valence-corrected chi connectivity index (χ3v) is 3.77. The van der Waals surface area contributed by atoms with E-state index in [1.807, 2.05) is 31.2 Å². The maximum absolute atomic E-state index is 12.0. The fourth-order valence-electron chi connectivity index (χ4n) is 1.76. The number of rotatable bonds is 3. The zero-order valence-electron chi connectivity index (χ0n) is 11.3. The molecule has 0 unspecified atom stereocenters. The van der Waals surface area contributed by atoms with Crippen LogP contribution in [0, 0.1) is 6.92 Å². The molecule has 104 valence electrons. The zero-order chi connectivity index (χ0) is 14.7. The van der Waals surface area contributed by atoms with E-state index in [0.29, 0.717) is 10.7 Å². The maximum Gasteiger partial charge on any atom is 0.257 e. The summed E-state index contributed by atoms with van der Waals surface area (Å²) in [5.74, 6) is -0.219. The summed E-state index contributed by atoms with van der Waals surface area (Å²) in [7, 11) is 0. The summed E-state index contributed by atoms with van der Waals surface area (Å²) < 4.78 is 0. The number of pyridine rings is 1. The van der Waals surface area contributed by atoms with Crippen molar-refractivity contribution in [2.45, 2.75) is 6.92 Å². The van der Waals surface area contributed by atoms with Crippen molar-refractivity contribution in [2.75, 3.05) is 5.32 Å². The number of nitrogens with one attached hydrogen (secondary N) is 1. The van der Waals surface area contributed by atoms with E-state index in [-0.39, 0.29) is 5.91 Å². The normalized spacial score (nSPS) is 10.3. The van der Waals surface area contributed by atoms with E-state index in [0.717, 1.165) is 10.6 Å². The largest absolute Gasteiger partial charge is 0.296 e. The molecule has 1 amide bonds. The molecular formula is C15H12N4OS. The molecule has 0 aliphatic carbocycles. The Bertz CT molecular complexity index is 753. The molecule has 0 atom stereocenters. The van der Waals surface area contributed by atoms with Gasteiger partial charge in [-0.2, -0.15) is 0 Å². The van der Waals surface area contributed by atoms with E-state index in [2.05, 4.69) is 20.5 Å². The third kappa shape index (κ3) is 3.11. The van der Waals surface area contributed by atoms with Crippen LogP contribution in [0.2, 0.25) is 0 Å². The van der Waals surface area contributed by atoms with Crippen LogP contribution in [0.1, 0.15) is 15.9 Å². The predicted octanol–water partition coefficient (Wildman–Crippen LogP) is 3.16. The number of benzene rings is 1. The molecule has 0 spiro atoms. The molecule has 3 aromatic rings. The Hall–Kier alpha value is -2.60. The van der Waals surface area contributed by atoms with Gasteiger partial charge in [-0.05, 0) is 19.1 Å². The predicted molar refractivity (Wildman–Crippen MR) is 82.3 cm³/mol. The van der Waals surface area contributed by atoms with Crippen molar-refractivity contribution in [2.24, 2.45) is 0 Å². The van der Waals surface area contributed by atoms with Gasteiger partial charge in [0.2, 0.25) is 5.13 Å². The highest BCUT2D eigenvalue weighted by atomic mass is 32.1. The maximum atomic E-state index is 12.0. The number of amides is 1. The van der Waals surface area contributed by atoms with Crippen LogP contribution < -0.4 is 5.32 Å². The summed E-state index contributed by atoms with van der Waals surface area (Å²) in [5.41, 5.74) is 2.72. The Morgan fingerprint density at radius 2 is 1.76 bits per heavy atom. The first kappa shape index (κ1) is 13.4. The lowest BCUT2D eigenvalue weighted by Crippen LogP contribution is -2.11. The van der Waals surface area contributed by atoms with Gasteiger partial charge in [-0.15, -0.1) is 10.2 Å². The van der Waals surface area contributed by atoms with Gasteiger partial charge in [0, 0.05) is 23.5 Å². The fourth-order valence-corrected chi connectivity index (χ4v) is 2.50. The molecule has 0 fully saturated rings. The SMILES string of the molecule is Cc1ccc(-c2nnc(NC(=O)c3ccncc3)s2)cc1. The molecule has 0 saturated heterocycles. The minimum atomic E-state index is -0.219. The number of aryl methyl sites for hydroxylation is 1. The topological polar surface area (TPSA) is 67.8 Å². The van der Waals surface area contributed by atoms with Crippen molar-refractivity contribution in [1.29, 1.82) is 0 Å². The van der Waals surface area contributed by atoms with E-state index in [9.17, 15) is 4.79 Å². The second-order valence-electron chi connectivity index (χ2n) is 4.47. The van der Waals surface area contributed by atoms with Crippen LogP contribution >= 0.6 is 11.3 Å². The number of nitrogens with zero attached hydrogens (tertiary/aromatic N) is 3. The van der Waals surface area contributed by atoms with Crippen molar-refractivity contribution in [3.63, 3.8) is 0 Å². The summed E-state index contributed by atoms with van der Waals surface area (Å²) >= 11 is 1.35. The molecule has 2 heterocycles. The number of anilines is 1. The van der Waals surface area contributed by atoms with Crippen molar-refractivity contribution in [3.8, 4) is 10.6 Å². The number of carbonyl (C=O) groups excluding carboxylic acids is 1. The van der Waals surface area contributed by atoms with E-state index >= 15 is 0 Å². The van der Waals surface area contributed by atoms with E-state index in [4.69, 9.17) is 0 Å². The van der Waals surface area contributed by atoms with Crippen LogP contribution in [0.5, 0.6) is 0 Å². The fraction of sp³-hybridized carbons (Fsp3) is 0.0667. The van der Waals surface area contributed by atoms with Gasteiger partial charge >= 0.3 is 0 Å². The quantitative estimate of drug-likeness (QED) is 0.806. The first-order chi connectivity index (χ1) is 10.2. The monoisotopic (exact) mass is 296 g/mol. The van der Waals surface area contributed by atoms with Gasteiger partial charge in [0.05, 0.1) is 0 Å². The van der Waals surface area contributed by atoms with Gasteiger partial charge in [0.15, 0.2) is 0 Å². The molecule has 5 nitrogen and oxygen atoms in total. The van der Waals surface area contributed by atoms with Crippen molar-refractivity contribution >= 4 is 22.4 Å². The molecule has 21 heavy (non-hydrogen) atoms. The average Bonchev–Trinajstić information content (AvgIpc) is 2.97.